The maximum atomic E-state index is 13.8. The second kappa shape index (κ2) is 10.3. The summed E-state index contributed by atoms with van der Waals surface area (Å²) in [6.07, 6.45) is 0.498. The van der Waals surface area contributed by atoms with Crippen molar-refractivity contribution in [3.05, 3.63) is 77.9 Å². The summed E-state index contributed by atoms with van der Waals surface area (Å²) in [7, 11) is -1.04. The first-order valence-corrected chi connectivity index (χ1v) is 13.4. The summed E-state index contributed by atoms with van der Waals surface area (Å²) in [5.41, 5.74) is 1.36. The average molecular weight is 525 g/mol. The van der Waals surface area contributed by atoms with E-state index in [-0.39, 0.29) is 10.6 Å². The van der Waals surface area contributed by atoms with Gasteiger partial charge in [-0.05, 0) is 68.8 Å². The van der Waals surface area contributed by atoms with E-state index < -0.39 is 34.1 Å². The van der Waals surface area contributed by atoms with Crippen LogP contribution in [0.4, 0.5) is 5.69 Å². The summed E-state index contributed by atoms with van der Waals surface area (Å²) >= 11 is 0. The van der Waals surface area contributed by atoms with Crippen molar-refractivity contribution in [2.45, 2.75) is 43.7 Å². The third kappa shape index (κ3) is 5.67. The van der Waals surface area contributed by atoms with E-state index in [1.807, 2.05) is 39.0 Å². The lowest BCUT2D eigenvalue weighted by molar-refractivity contribution is -0.120. The Morgan fingerprint density at radius 2 is 1.78 bits per heavy atom. The van der Waals surface area contributed by atoms with Gasteiger partial charge < -0.3 is 19.5 Å². The van der Waals surface area contributed by atoms with Crippen LogP contribution in [-0.4, -0.2) is 40.7 Å². The number of sulfonamides is 1. The van der Waals surface area contributed by atoms with Gasteiger partial charge >= 0.3 is 0 Å². The first kappa shape index (κ1) is 26.3. The Hall–Kier alpha value is -3.72. The number of amides is 1. The Kier molecular flexibility index (Phi) is 7.36. The summed E-state index contributed by atoms with van der Waals surface area (Å²) in [5, 5.41) is 3.04. The van der Waals surface area contributed by atoms with Gasteiger partial charge in [0.05, 0.1) is 30.8 Å². The summed E-state index contributed by atoms with van der Waals surface area (Å²) in [4.78, 5) is 13.6. The van der Waals surface area contributed by atoms with E-state index in [2.05, 4.69) is 5.32 Å². The topological polar surface area (TPSA) is 94.2 Å². The number of fused-ring (bicyclic) bond motifs is 1. The molecule has 0 aromatic heterocycles. The van der Waals surface area contributed by atoms with Crippen LogP contribution in [0.3, 0.4) is 0 Å². The largest absolute Gasteiger partial charge is 0.497 e. The SMILES string of the molecule is COc1ccc2c(c1)C(NC(=O)CN(c1cc(C)ccc1OC)S(=O)(=O)c1ccccc1)CC(C)(C)O2. The van der Waals surface area contributed by atoms with Gasteiger partial charge in [0.25, 0.3) is 10.0 Å². The van der Waals surface area contributed by atoms with Gasteiger partial charge in [0.15, 0.2) is 0 Å². The third-order valence-electron chi connectivity index (χ3n) is 6.23. The smallest absolute Gasteiger partial charge is 0.264 e. The molecule has 0 saturated heterocycles. The van der Waals surface area contributed by atoms with E-state index >= 15 is 0 Å². The van der Waals surface area contributed by atoms with Crippen molar-refractivity contribution in [3.8, 4) is 17.2 Å². The lowest BCUT2D eigenvalue weighted by Crippen LogP contribution is -2.45. The van der Waals surface area contributed by atoms with Crippen LogP contribution >= 0.6 is 0 Å². The number of hydrogen-bond donors (Lipinski definition) is 1. The highest BCUT2D eigenvalue weighted by molar-refractivity contribution is 7.92. The highest BCUT2D eigenvalue weighted by Crippen LogP contribution is 2.41. The molecule has 0 saturated carbocycles. The molecule has 4 rings (SSSR count). The van der Waals surface area contributed by atoms with Crippen LogP contribution in [0.25, 0.3) is 0 Å². The lowest BCUT2D eigenvalue weighted by Gasteiger charge is -2.38. The second-order valence-corrected chi connectivity index (χ2v) is 11.5. The lowest BCUT2D eigenvalue weighted by atomic mass is 9.89. The van der Waals surface area contributed by atoms with Crippen molar-refractivity contribution in [2.75, 3.05) is 25.1 Å². The highest BCUT2D eigenvalue weighted by Gasteiger charge is 2.36. The van der Waals surface area contributed by atoms with Gasteiger partial charge in [0.2, 0.25) is 5.91 Å². The number of hydrogen-bond acceptors (Lipinski definition) is 6. The highest BCUT2D eigenvalue weighted by atomic mass is 32.2. The van der Waals surface area contributed by atoms with Crippen molar-refractivity contribution in [1.82, 2.24) is 5.32 Å². The maximum absolute atomic E-state index is 13.8. The Balaban J connectivity index is 1.71. The number of rotatable bonds is 8. The zero-order valence-corrected chi connectivity index (χ0v) is 22.5. The van der Waals surface area contributed by atoms with Crippen LogP contribution in [0.1, 0.15) is 37.4 Å². The molecule has 1 N–H and O–H groups in total. The predicted octanol–water partition coefficient (Wildman–Crippen LogP) is 4.63. The maximum Gasteiger partial charge on any atom is 0.264 e. The van der Waals surface area contributed by atoms with Crippen LogP contribution in [-0.2, 0) is 14.8 Å². The molecule has 0 bridgehead atoms. The number of nitrogens with one attached hydrogen (secondary N) is 1. The van der Waals surface area contributed by atoms with E-state index in [9.17, 15) is 13.2 Å². The molecule has 9 heteroatoms. The molecule has 1 unspecified atom stereocenters. The van der Waals surface area contributed by atoms with Crippen molar-refractivity contribution in [2.24, 2.45) is 0 Å². The molecule has 37 heavy (non-hydrogen) atoms. The van der Waals surface area contributed by atoms with Gasteiger partial charge in [-0.15, -0.1) is 0 Å². The van der Waals surface area contributed by atoms with Gasteiger partial charge in [-0.3, -0.25) is 9.10 Å². The van der Waals surface area contributed by atoms with Crippen LogP contribution < -0.4 is 23.8 Å². The molecule has 0 radical (unpaired) electrons. The molecule has 3 aromatic carbocycles. The number of benzene rings is 3. The van der Waals surface area contributed by atoms with Crippen LogP contribution in [0, 0.1) is 6.92 Å². The van der Waals surface area contributed by atoms with Gasteiger partial charge in [0, 0.05) is 12.0 Å². The molecule has 8 nitrogen and oxygen atoms in total. The van der Waals surface area contributed by atoms with Crippen LogP contribution in [0.5, 0.6) is 17.2 Å². The first-order chi connectivity index (χ1) is 17.5. The average Bonchev–Trinajstić information content (AvgIpc) is 2.87. The number of nitrogens with zero attached hydrogens (tertiary/aromatic N) is 1. The fourth-order valence-corrected chi connectivity index (χ4v) is 5.92. The fraction of sp³-hybridized carbons (Fsp3) is 0.321. The van der Waals surface area contributed by atoms with Crippen molar-refractivity contribution in [3.63, 3.8) is 0 Å². The number of carbonyl (C=O) groups is 1. The van der Waals surface area contributed by atoms with E-state index in [1.54, 1.807) is 43.5 Å². The minimum atomic E-state index is -4.09. The fourth-order valence-electron chi connectivity index (χ4n) is 4.47. The minimum absolute atomic E-state index is 0.0774. The molecule has 1 atom stereocenters. The third-order valence-corrected chi connectivity index (χ3v) is 8.00. The number of ether oxygens (including phenoxy) is 3. The van der Waals surface area contributed by atoms with Crippen molar-refractivity contribution in [1.29, 1.82) is 0 Å². The summed E-state index contributed by atoms with van der Waals surface area (Å²) in [6.45, 7) is 5.31. The number of methoxy groups -OCH3 is 2. The van der Waals surface area contributed by atoms with E-state index in [4.69, 9.17) is 14.2 Å². The first-order valence-electron chi connectivity index (χ1n) is 11.9. The monoisotopic (exact) mass is 524 g/mol. The normalized spacial score (nSPS) is 16.2. The quantitative estimate of drug-likeness (QED) is 0.462. The summed E-state index contributed by atoms with van der Waals surface area (Å²) in [5.74, 6) is 1.18. The molecule has 1 heterocycles. The molecule has 1 aliphatic heterocycles. The second-order valence-electron chi connectivity index (χ2n) is 9.59. The molecule has 1 aliphatic rings. The van der Waals surface area contributed by atoms with E-state index in [0.717, 1.165) is 15.4 Å². The Morgan fingerprint density at radius 1 is 1.05 bits per heavy atom. The van der Waals surface area contributed by atoms with Crippen molar-refractivity contribution >= 4 is 21.6 Å². The zero-order chi connectivity index (χ0) is 26.8. The standard InChI is InChI=1S/C28H32N2O6S/c1-19-11-13-26(35-5)24(15-19)30(37(32,33)21-9-7-6-8-10-21)18-27(31)29-23-17-28(2,3)36-25-14-12-20(34-4)16-22(23)25/h6-16,23H,17-18H2,1-5H3,(H,29,31). The molecule has 196 valence electrons. The number of aryl methyl sites for hydroxylation is 1. The Labute approximate surface area is 218 Å². The molecule has 0 fully saturated rings. The molecule has 1 amide bonds. The predicted molar refractivity (Wildman–Crippen MR) is 142 cm³/mol. The minimum Gasteiger partial charge on any atom is -0.497 e. The van der Waals surface area contributed by atoms with Crippen LogP contribution in [0.15, 0.2) is 71.6 Å². The molecule has 3 aromatic rings. The number of anilines is 1. The molecular weight excluding hydrogens is 492 g/mol. The van der Waals surface area contributed by atoms with E-state index in [1.165, 1.54) is 19.2 Å². The Bertz CT molecular complexity index is 1390. The van der Waals surface area contributed by atoms with Gasteiger partial charge in [0.1, 0.15) is 29.4 Å². The summed E-state index contributed by atoms with van der Waals surface area (Å²) in [6, 6.07) is 18.3. The summed E-state index contributed by atoms with van der Waals surface area (Å²) < 4.78 is 45.6. The van der Waals surface area contributed by atoms with Gasteiger partial charge in [-0.2, -0.15) is 0 Å². The van der Waals surface area contributed by atoms with Crippen LogP contribution in [0.2, 0.25) is 0 Å². The molecule has 0 spiro atoms. The molecule has 0 aliphatic carbocycles. The van der Waals surface area contributed by atoms with E-state index in [0.29, 0.717) is 23.7 Å². The van der Waals surface area contributed by atoms with Gasteiger partial charge in [-0.1, -0.05) is 24.3 Å². The number of carbonyl (C=O) groups excluding carboxylic acids is 1. The van der Waals surface area contributed by atoms with Gasteiger partial charge in [-0.25, -0.2) is 8.42 Å². The van der Waals surface area contributed by atoms with Crippen molar-refractivity contribution < 1.29 is 27.4 Å². The Morgan fingerprint density at radius 3 is 2.46 bits per heavy atom. The zero-order valence-electron chi connectivity index (χ0n) is 21.6. The molecular formula is C28H32N2O6S.